The van der Waals surface area contributed by atoms with E-state index in [0.29, 0.717) is 17.8 Å². The standard InChI is InChI=1S/C22H19F2N7O2/c1-22(2,10-25)21-28-16(19(23)24)18(33-21)20(32)30-8-6-13-15(27-11-26-13)17(30)14-9-12-5-3-4-7-31(12)29-14/h3-5,7,9,11,17,19H,6,8H2,1-2H3,(H,26,27)/t17-/m0/s1. The highest BCUT2D eigenvalue weighted by Crippen LogP contribution is 2.36. The Labute approximate surface area is 186 Å². The first-order valence-corrected chi connectivity index (χ1v) is 10.3. The van der Waals surface area contributed by atoms with Gasteiger partial charge in [-0.3, -0.25) is 4.79 Å². The minimum absolute atomic E-state index is 0.229. The number of halogens is 2. The van der Waals surface area contributed by atoms with Gasteiger partial charge in [-0.1, -0.05) is 6.07 Å². The van der Waals surface area contributed by atoms with Crippen LogP contribution >= 0.6 is 0 Å². The number of carbonyl (C=O) groups excluding carboxylic acids is 1. The summed E-state index contributed by atoms with van der Waals surface area (Å²) >= 11 is 0. The Hall–Kier alpha value is -4.07. The molecule has 5 rings (SSSR count). The summed E-state index contributed by atoms with van der Waals surface area (Å²) in [5, 5.41) is 14.0. The molecular formula is C22H19F2N7O2. The number of nitriles is 1. The SMILES string of the molecule is CC(C)(C#N)c1nc(C(F)F)c(C(=O)N2CCc3[nH]cnc3[C@@H]2c2cc3ccccn3n2)o1. The molecule has 168 valence electrons. The smallest absolute Gasteiger partial charge is 0.292 e. The van der Waals surface area contributed by atoms with Crippen molar-refractivity contribution in [2.75, 3.05) is 6.54 Å². The van der Waals surface area contributed by atoms with Gasteiger partial charge in [-0.2, -0.15) is 10.4 Å². The highest BCUT2D eigenvalue weighted by Gasteiger charge is 2.41. The van der Waals surface area contributed by atoms with Gasteiger partial charge in [-0.15, -0.1) is 0 Å². The maximum atomic E-state index is 13.8. The van der Waals surface area contributed by atoms with E-state index in [-0.39, 0.29) is 12.4 Å². The molecule has 0 unspecified atom stereocenters. The number of hydrogen-bond donors (Lipinski definition) is 1. The predicted molar refractivity (Wildman–Crippen MR) is 110 cm³/mol. The van der Waals surface area contributed by atoms with Crippen LogP contribution in [-0.2, 0) is 11.8 Å². The fraction of sp³-hybridized carbons (Fsp3) is 0.318. The average Bonchev–Trinajstić information content (AvgIpc) is 3.55. The molecule has 1 amide bonds. The van der Waals surface area contributed by atoms with Gasteiger partial charge in [0.25, 0.3) is 12.3 Å². The Balaban J connectivity index is 1.62. The quantitative estimate of drug-likeness (QED) is 0.507. The minimum atomic E-state index is -3.05. The number of alkyl halides is 2. The lowest BCUT2D eigenvalue weighted by Crippen LogP contribution is -2.41. The fourth-order valence-corrected chi connectivity index (χ4v) is 3.97. The summed E-state index contributed by atoms with van der Waals surface area (Å²) in [6, 6.07) is 8.65. The first-order chi connectivity index (χ1) is 15.8. The van der Waals surface area contributed by atoms with Crippen LogP contribution in [0.1, 0.15) is 65.5 Å². The maximum Gasteiger partial charge on any atom is 0.292 e. The number of hydrogen-bond acceptors (Lipinski definition) is 6. The van der Waals surface area contributed by atoms with E-state index in [1.165, 1.54) is 25.1 Å². The van der Waals surface area contributed by atoms with Crippen LogP contribution in [0.15, 0.2) is 41.2 Å². The van der Waals surface area contributed by atoms with Crippen molar-refractivity contribution < 1.29 is 18.0 Å². The number of oxazole rings is 1. The number of carbonyl (C=O) groups is 1. The highest BCUT2D eigenvalue weighted by atomic mass is 19.3. The molecule has 4 aromatic heterocycles. The van der Waals surface area contributed by atoms with Gasteiger partial charge >= 0.3 is 0 Å². The van der Waals surface area contributed by atoms with E-state index in [2.05, 4.69) is 20.1 Å². The average molecular weight is 451 g/mol. The van der Waals surface area contributed by atoms with E-state index in [0.717, 1.165) is 11.2 Å². The number of imidazole rings is 1. The zero-order chi connectivity index (χ0) is 23.3. The molecule has 0 fully saturated rings. The van der Waals surface area contributed by atoms with Crippen LogP contribution in [0.3, 0.4) is 0 Å². The number of nitrogens with zero attached hydrogens (tertiary/aromatic N) is 6. The van der Waals surface area contributed by atoms with E-state index < -0.39 is 35.2 Å². The van der Waals surface area contributed by atoms with Gasteiger partial charge in [-0.25, -0.2) is 23.3 Å². The molecule has 1 aliphatic heterocycles. The van der Waals surface area contributed by atoms with Crippen molar-refractivity contribution in [3.05, 3.63) is 71.2 Å². The van der Waals surface area contributed by atoms with Crippen molar-refractivity contribution in [1.82, 2.24) is 29.5 Å². The molecule has 0 spiro atoms. The van der Waals surface area contributed by atoms with Gasteiger partial charge in [-0.05, 0) is 32.0 Å². The normalized spacial score (nSPS) is 16.2. The summed E-state index contributed by atoms with van der Waals surface area (Å²) in [5.41, 5.74) is 0.736. The number of aromatic nitrogens is 5. The third-order valence-corrected chi connectivity index (χ3v) is 5.72. The Kier molecular flexibility index (Phi) is 4.74. The van der Waals surface area contributed by atoms with E-state index >= 15 is 0 Å². The first kappa shape index (κ1) is 20.8. The molecular weight excluding hydrogens is 432 g/mol. The number of nitrogens with one attached hydrogen (secondary N) is 1. The van der Waals surface area contributed by atoms with E-state index in [9.17, 15) is 18.8 Å². The topological polar surface area (TPSA) is 116 Å². The monoisotopic (exact) mass is 451 g/mol. The summed E-state index contributed by atoms with van der Waals surface area (Å²) in [6.45, 7) is 3.20. The molecule has 0 aromatic carbocycles. The lowest BCUT2D eigenvalue weighted by molar-refractivity contribution is 0.0636. The number of fused-ring (bicyclic) bond motifs is 2. The predicted octanol–water partition coefficient (Wildman–Crippen LogP) is 3.57. The Morgan fingerprint density at radius 3 is 2.94 bits per heavy atom. The summed E-state index contributed by atoms with van der Waals surface area (Å²) < 4.78 is 34.8. The van der Waals surface area contributed by atoms with Crippen LogP contribution in [0.25, 0.3) is 5.52 Å². The van der Waals surface area contributed by atoms with Crippen LogP contribution in [-0.4, -0.2) is 41.9 Å². The molecule has 4 aromatic rings. The summed E-state index contributed by atoms with van der Waals surface area (Å²) in [5.74, 6) is -1.56. The Bertz CT molecular complexity index is 1360. The highest BCUT2D eigenvalue weighted by molar-refractivity contribution is 5.93. The van der Waals surface area contributed by atoms with Crippen molar-refractivity contribution in [1.29, 1.82) is 5.26 Å². The van der Waals surface area contributed by atoms with Crippen molar-refractivity contribution >= 4 is 11.4 Å². The molecule has 0 bridgehead atoms. The molecule has 1 atom stereocenters. The molecule has 0 saturated carbocycles. The molecule has 33 heavy (non-hydrogen) atoms. The van der Waals surface area contributed by atoms with E-state index in [1.54, 1.807) is 10.7 Å². The Morgan fingerprint density at radius 1 is 1.39 bits per heavy atom. The lowest BCUT2D eigenvalue weighted by atomic mass is 9.96. The second-order valence-corrected chi connectivity index (χ2v) is 8.33. The minimum Gasteiger partial charge on any atom is -0.433 e. The van der Waals surface area contributed by atoms with Crippen LogP contribution in [0, 0.1) is 11.3 Å². The number of aromatic amines is 1. The van der Waals surface area contributed by atoms with Gasteiger partial charge in [0.15, 0.2) is 5.69 Å². The van der Waals surface area contributed by atoms with Gasteiger partial charge < -0.3 is 14.3 Å². The van der Waals surface area contributed by atoms with Crippen molar-refractivity contribution in [2.24, 2.45) is 0 Å². The molecule has 0 aliphatic carbocycles. The summed E-state index contributed by atoms with van der Waals surface area (Å²) in [4.78, 5) is 26.3. The third kappa shape index (κ3) is 3.34. The van der Waals surface area contributed by atoms with Gasteiger partial charge in [0.2, 0.25) is 11.7 Å². The number of pyridine rings is 1. The second kappa shape index (κ2) is 7.51. The molecule has 0 radical (unpaired) electrons. The van der Waals surface area contributed by atoms with Crippen molar-refractivity contribution in [2.45, 2.75) is 38.2 Å². The number of amides is 1. The summed E-state index contributed by atoms with van der Waals surface area (Å²) in [7, 11) is 0. The van der Waals surface area contributed by atoms with Crippen LogP contribution in [0.5, 0.6) is 0 Å². The molecule has 0 saturated heterocycles. The lowest BCUT2D eigenvalue weighted by Gasteiger charge is -2.33. The number of H-pyrrole nitrogens is 1. The van der Waals surface area contributed by atoms with Crippen LogP contribution in [0.2, 0.25) is 0 Å². The van der Waals surface area contributed by atoms with Gasteiger partial charge in [0, 0.05) is 24.9 Å². The maximum absolute atomic E-state index is 13.8. The van der Waals surface area contributed by atoms with Gasteiger partial charge in [0.05, 0.1) is 29.3 Å². The molecule has 11 heteroatoms. The fourth-order valence-electron chi connectivity index (χ4n) is 3.97. The first-order valence-electron chi connectivity index (χ1n) is 10.3. The molecule has 1 aliphatic rings. The zero-order valence-corrected chi connectivity index (χ0v) is 17.8. The zero-order valence-electron chi connectivity index (χ0n) is 17.8. The van der Waals surface area contributed by atoms with Crippen molar-refractivity contribution in [3.63, 3.8) is 0 Å². The van der Waals surface area contributed by atoms with Crippen LogP contribution in [0.4, 0.5) is 8.78 Å². The number of rotatable bonds is 4. The molecule has 9 nitrogen and oxygen atoms in total. The van der Waals surface area contributed by atoms with Crippen molar-refractivity contribution in [3.8, 4) is 6.07 Å². The van der Waals surface area contributed by atoms with Crippen LogP contribution < -0.4 is 0 Å². The largest absolute Gasteiger partial charge is 0.433 e. The Morgan fingerprint density at radius 2 is 2.21 bits per heavy atom. The molecule has 1 N–H and O–H groups in total. The van der Waals surface area contributed by atoms with Gasteiger partial charge in [0.1, 0.15) is 11.5 Å². The van der Waals surface area contributed by atoms with E-state index in [1.807, 2.05) is 30.3 Å². The summed E-state index contributed by atoms with van der Waals surface area (Å²) in [6.07, 6.45) is 0.726. The second-order valence-electron chi connectivity index (χ2n) is 8.33. The molecule has 5 heterocycles. The van der Waals surface area contributed by atoms with E-state index in [4.69, 9.17) is 4.42 Å². The third-order valence-electron chi connectivity index (χ3n) is 5.72.